The van der Waals surface area contributed by atoms with E-state index in [1.54, 1.807) is 0 Å². The van der Waals surface area contributed by atoms with E-state index in [0.717, 1.165) is 13.1 Å². The predicted octanol–water partition coefficient (Wildman–Crippen LogP) is 3.50. The van der Waals surface area contributed by atoms with Gasteiger partial charge < -0.3 is 5.32 Å². The van der Waals surface area contributed by atoms with Gasteiger partial charge in [0.25, 0.3) is 0 Å². The molecule has 1 N–H and O–H groups in total. The maximum atomic E-state index is 3.50. The third-order valence-electron chi connectivity index (χ3n) is 2.11. The van der Waals surface area contributed by atoms with Crippen LogP contribution in [0.3, 0.4) is 0 Å². The second-order valence-corrected chi connectivity index (χ2v) is 6.56. The summed E-state index contributed by atoms with van der Waals surface area (Å²) in [6.45, 7) is 13.2. The third-order valence-corrected chi connectivity index (χ3v) is 3.12. The average Bonchev–Trinajstić information content (AvgIpc) is 2.27. The van der Waals surface area contributed by atoms with Crippen molar-refractivity contribution >= 4 is 11.3 Å². The summed E-state index contributed by atoms with van der Waals surface area (Å²) < 4.78 is 0. The first-order valence-corrected chi connectivity index (χ1v) is 5.97. The van der Waals surface area contributed by atoms with Crippen LogP contribution in [0.15, 0.2) is 6.07 Å². The van der Waals surface area contributed by atoms with E-state index in [2.05, 4.69) is 46.0 Å². The summed E-state index contributed by atoms with van der Waals surface area (Å²) in [5.74, 6) is 0. The van der Waals surface area contributed by atoms with E-state index in [0.29, 0.717) is 5.41 Å². The van der Waals surface area contributed by atoms with Gasteiger partial charge in [0.15, 0.2) is 0 Å². The average molecular weight is 211 g/mol. The van der Waals surface area contributed by atoms with Gasteiger partial charge in [-0.1, -0.05) is 20.8 Å². The number of thiophene rings is 1. The van der Waals surface area contributed by atoms with Crippen molar-refractivity contribution in [3.63, 3.8) is 0 Å². The van der Waals surface area contributed by atoms with Crippen LogP contribution in [0.4, 0.5) is 0 Å². The molecule has 1 nitrogen and oxygen atoms in total. The second kappa shape index (κ2) is 4.45. The van der Waals surface area contributed by atoms with Crippen molar-refractivity contribution in [1.29, 1.82) is 0 Å². The summed E-state index contributed by atoms with van der Waals surface area (Å²) >= 11 is 1.89. The van der Waals surface area contributed by atoms with Crippen LogP contribution < -0.4 is 5.32 Å². The van der Waals surface area contributed by atoms with Gasteiger partial charge >= 0.3 is 0 Å². The molecule has 1 aromatic rings. The van der Waals surface area contributed by atoms with Crippen molar-refractivity contribution < 1.29 is 0 Å². The highest BCUT2D eigenvalue weighted by Gasteiger charge is 2.09. The Labute approximate surface area is 91.5 Å². The first kappa shape index (κ1) is 11.7. The highest BCUT2D eigenvalue weighted by molar-refractivity contribution is 7.12. The van der Waals surface area contributed by atoms with Gasteiger partial charge in [0, 0.05) is 22.8 Å². The summed E-state index contributed by atoms with van der Waals surface area (Å²) in [7, 11) is 0. The molecule has 0 saturated carbocycles. The highest BCUT2D eigenvalue weighted by atomic mass is 32.1. The largest absolute Gasteiger partial charge is 0.312 e. The Balaban J connectivity index is 2.42. The molecule has 0 spiro atoms. The Kier molecular flexibility index (Phi) is 3.73. The molecule has 0 saturated heterocycles. The molecule has 0 unspecified atom stereocenters. The number of aryl methyl sites for hydroxylation is 2. The van der Waals surface area contributed by atoms with Crippen molar-refractivity contribution in [3.8, 4) is 0 Å². The van der Waals surface area contributed by atoms with E-state index in [9.17, 15) is 0 Å². The van der Waals surface area contributed by atoms with E-state index in [1.165, 1.54) is 15.3 Å². The molecular weight excluding hydrogens is 190 g/mol. The van der Waals surface area contributed by atoms with Crippen LogP contribution in [0.1, 0.15) is 36.1 Å². The van der Waals surface area contributed by atoms with Gasteiger partial charge in [-0.25, -0.2) is 0 Å². The van der Waals surface area contributed by atoms with Crippen LogP contribution >= 0.6 is 11.3 Å². The molecule has 0 amide bonds. The Morgan fingerprint density at radius 2 is 1.93 bits per heavy atom. The number of nitrogens with one attached hydrogen (secondary N) is 1. The van der Waals surface area contributed by atoms with Gasteiger partial charge in [0.2, 0.25) is 0 Å². The topological polar surface area (TPSA) is 12.0 Å². The molecule has 0 radical (unpaired) electrons. The molecule has 2 heteroatoms. The molecule has 1 rings (SSSR count). The second-order valence-electron chi connectivity index (χ2n) is 5.10. The van der Waals surface area contributed by atoms with E-state index in [-0.39, 0.29) is 0 Å². The molecule has 0 aliphatic carbocycles. The van der Waals surface area contributed by atoms with Gasteiger partial charge in [-0.3, -0.25) is 0 Å². The fourth-order valence-electron chi connectivity index (χ4n) is 1.43. The smallest absolute Gasteiger partial charge is 0.0216 e. The molecule has 0 atom stereocenters. The number of hydrogen-bond acceptors (Lipinski definition) is 2. The predicted molar refractivity (Wildman–Crippen MR) is 65.0 cm³/mol. The minimum Gasteiger partial charge on any atom is -0.312 e. The van der Waals surface area contributed by atoms with Crippen LogP contribution in [0.25, 0.3) is 0 Å². The van der Waals surface area contributed by atoms with E-state index >= 15 is 0 Å². The van der Waals surface area contributed by atoms with Crippen molar-refractivity contribution in [1.82, 2.24) is 5.32 Å². The minimum atomic E-state index is 0.374. The molecular formula is C12H21NS. The van der Waals surface area contributed by atoms with Gasteiger partial charge in [0.05, 0.1) is 0 Å². The standard InChI is InChI=1S/C12H21NS/c1-9-6-11(10(2)14-9)7-13-8-12(3,4)5/h6,13H,7-8H2,1-5H3. The van der Waals surface area contributed by atoms with Crippen LogP contribution in [-0.2, 0) is 6.54 Å². The summed E-state index contributed by atoms with van der Waals surface area (Å²) in [5, 5.41) is 3.50. The summed E-state index contributed by atoms with van der Waals surface area (Å²) in [6.07, 6.45) is 0. The zero-order chi connectivity index (χ0) is 10.8. The van der Waals surface area contributed by atoms with Crippen molar-refractivity contribution in [2.75, 3.05) is 6.54 Å². The van der Waals surface area contributed by atoms with E-state index < -0.39 is 0 Å². The lowest BCUT2D eigenvalue weighted by Crippen LogP contribution is -2.26. The van der Waals surface area contributed by atoms with Gasteiger partial charge in [-0.05, 0) is 30.9 Å². The molecule has 0 aliphatic heterocycles. The quantitative estimate of drug-likeness (QED) is 0.807. The Bertz CT molecular complexity index is 294. The Morgan fingerprint density at radius 1 is 1.29 bits per heavy atom. The highest BCUT2D eigenvalue weighted by Crippen LogP contribution is 2.20. The van der Waals surface area contributed by atoms with Crippen LogP contribution in [0.5, 0.6) is 0 Å². The number of rotatable bonds is 3. The lowest BCUT2D eigenvalue weighted by molar-refractivity contribution is 0.379. The summed E-state index contributed by atoms with van der Waals surface area (Å²) in [6, 6.07) is 2.29. The van der Waals surface area contributed by atoms with E-state index in [4.69, 9.17) is 0 Å². The van der Waals surface area contributed by atoms with Crippen LogP contribution in [0, 0.1) is 19.3 Å². The van der Waals surface area contributed by atoms with Crippen LogP contribution in [-0.4, -0.2) is 6.54 Å². The monoisotopic (exact) mass is 211 g/mol. The third kappa shape index (κ3) is 3.81. The Hall–Kier alpha value is -0.340. The molecule has 0 aliphatic rings. The molecule has 0 aromatic carbocycles. The van der Waals surface area contributed by atoms with Gasteiger partial charge in [-0.15, -0.1) is 11.3 Å². The fraction of sp³-hybridized carbons (Fsp3) is 0.667. The van der Waals surface area contributed by atoms with E-state index in [1.807, 2.05) is 11.3 Å². The van der Waals surface area contributed by atoms with Crippen molar-refractivity contribution in [2.45, 2.75) is 41.2 Å². The van der Waals surface area contributed by atoms with Gasteiger partial charge in [0.1, 0.15) is 0 Å². The first-order valence-electron chi connectivity index (χ1n) is 5.15. The fourth-order valence-corrected chi connectivity index (χ4v) is 2.38. The Morgan fingerprint density at radius 3 is 2.36 bits per heavy atom. The van der Waals surface area contributed by atoms with Crippen LogP contribution in [0.2, 0.25) is 0 Å². The molecule has 80 valence electrons. The molecule has 1 aromatic heterocycles. The lowest BCUT2D eigenvalue weighted by Gasteiger charge is -2.18. The molecule has 0 fully saturated rings. The first-order chi connectivity index (χ1) is 6.38. The van der Waals surface area contributed by atoms with Gasteiger partial charge in [-0.2, -0.15) is 0 Å². The number of hydrogen-bond donors (Lipinski definition) is 1. The maximum Gasteiger partial charge on any atom is 0.0216 e. The zero-order valence-electron chi connectivity index (χ0n) is 9.90. The lowest BCUT2D eigenvalue weighted by atomic mass is 9.97. The maximum absolute atomic E-state index is 3.50. The zero-order valence-corrected chi connectivity index (χ0v) is 10.7. The summed E-state index contributed by atoms with van der Waals surface area (Å²) in [5.41, 5.74) is 1.83. The minimum absolute atomic E-state index is 0.374. The summed E-state index contributed by atoms with van der Waals surface area (Å²) in [4.78, 5) is 2.86. The normalized spacial score (nSPS) is 12.1. The molecule has 1 heterocycles. The molecule has 0 bridgehead atoms. The van der Waals surface area contributed by atoms with Crippen molar-refractivity contribution in [2.24, 2.45) is 5.41 Å². The SMILES string of the molecule is Cc1cc(CNCC(C)(C)C)c(C)s1. The van der Waals surface area contributed by atoms with Crippen molar-refractivity contribution in [3.05, 3.63) is 21.4 Å². The molecule has 14 heavy (non-hydrogen) atoms.